The number of nitrogens with zero attached hydrogens (tertiary/aromatic N) is 4. The van der Waals surface area contributed by atoms with Gasteiger partial charge in [0.15, 0.2) is 23.1 Å². The van der Waals surface area contributed by atoms with Gasteiger partial charge in [0.05, 0.1) is 5.39 Å². The Bertz CT molecular complexity index is 1200. The summed E-state index contributed by atoms with van der Waals surface area (Å²) in [5, 5.41) is 0.267. The second kappa shape index (κ2) is 6.74. The first kappa shape index (κ1) is 18.1. The van der Waals surface area contributed by atoms with Gasteiger partial charge in [-0.3, -0.25) is 14.4 Å². The van der Waals surface area contributed by atoms with Gasteiger partial charge < -0.3 is 4.42 Å². The van der Waals surface area contributed by atoms with Crippen molar-refractivity contribution in [3.63, 3.8) is 0 Å². The first-order valence-corrected chi connectivity index (χ1v) is 8.59. The van der Waals surface area contributed by atoms with E-state index < -0.39 is 17.4 Å². The van der Waals surface area contributed by atoms with Crippen molar-refractivity contribution in [3.8, 4) is 0 Å². The van der Waals surface area contributed by atoms with Gasteiger partial charge in [-0.15, -0.1) is 0 Å². The molecule has 1 aliphatic rings. The molecular weight excluding hydrogens is 373 g/mol. The van der Waals surface area contributed by atoms with Crippen LogP contribution in [0, 0.1) is 5.92 Å². The highest BCUT2D eigenvalue weighted by Crippen LogP contribution is 2.31. The lowest BCUT2D eigenvalue weighted by Gasteiger charge is -2.12. The second-order valence-corrected chi connectivity index (χ2v) is 6.52. The molecule has 1 saturated carbocycles. The van der Waals surface area contributed by atoms with E-state index in [0.29, 0.717) is 11.6 Å². The van der Waals surface area contributed by atoms with Gasteiger partial charge in [0.25, 0.3) is 5.56 Å². The molecule has 0 amide bonds. The Labute approximate surface area is 156 Å². The number of pyridine rings is 2. The zero-order valence-corrected chi connectivity index (χ0v) is 14.8. The fraction of sp³-hybridized carbons (Fsp3) is 0.263. The lowest BCUT2D eigenvalue weighted by molar-refractivity contribution is -0.141. The molecule has 28 heavy (non-hydrogen) atoms. The topological polar surface area (TPSA) is 73.3 Å². The third-order valence-corrected chi connectivity index (χ3v) is 4.38. The lowest BCUT2D eigenvalue weighted by Crippen LogP contribution is -2.21. The molecule has 3 aromatic heterocycles. The monoisotopic (exact) mass is 388 g/mol. The molecule has 0 bridgehead atoms. The number of allylic oxidation sites excluding steroid dienone is 3. The van der Waals surface area contributed by atoms with Gasteiger partial charge in [0.2, 0.25) is 0 Å². The molecule has 9 heteroatoms. The first-order valence-electron chi connectivity index (χ1n) is 8.59. The fourth-order valence-corrected chi connectivity index (χ4v) is 2.80. The van der Waals surface area contributed by atoms with Crippen LogP contribution in [0.25, 0.3) is 27.8 Å². The van der Waals surface area contributed by atoms with Crippen molar-refractivity contribution >= 4 is 34.0 Å². The zero-order valence-electron chi connectivity index (χ0n) is 14.8. The molecule has 1 aliphatic carbocycles. The van der Waals surface area contributed by atoms with Gasteiger partial charge in [-0.2, -0.15) is 13.2 Å². The average molecular weight is 388 g/mol. The summed E-state index contributed by atoms with van der Waals surface area (Å²) in [7, 11) is 0. The molecule has 3 heterocycles. The summed E-state index contributed by atoms with van der Waals surface area (Å²) in [4.78, 5) is 24.5. The Hall–Kier alpha value is -3.23. The summed E-state index contributed by atoms with van der Waals surface area (Å²) >= 11 is 0. The van der Waals surface area contributed by atoms with Crippen molar-refractivity contribution in [1.29, 1.82) is 0 Å². The first-order chi connectivity index (χ1) is 13.4. The van der Waals surface area contributed by atoms with Crippen LogP contribution in [0.4, 0.5) is 13.2 Å². The molecule has 144 valence electrons. The molecule has 1 fully saturated rings. The van der Waals surface area contributed by atoms with Crippen molar-refractivity contribution in [3.05, 3.63) is 52.9 Å². The van der Waals surface area contributed by atoms with Gasteiger partial charge in [-0.25, -0.2) is 9.97 Å². The highest BCUT2D eigenvalue weighted by atomic mass is 19.4. The molecule has 3 aromatic rings. The highest BCUT2D eigenvalue weighted by Gasteiger charge is 2.33. The van der Waals surface area contributed by atoms with Gasteiger partial charge in [-0.1, -0.05) is 0 Å². The summed E-state index contributed by atoms with van der Waals surface area (Å²) in [5.74, 6) is 0.529. The Morgan fingerprint density at radius 2 is 2.14 bits per heavy atom. The number of rotatable bonds is 4. The summed E-state index contributed by atoms with van der Waals surface area (Å²) in [6, 6.07) is 2.09. The lowest BCUT2D eigenvalue weighted by atomic mass is 10.2. The third-order valence-electron chi connectivity index (χ3n) is 4.38. The number of aliphatic imine (C=N–C) groups is 1. The molecule has 0 aliphatic heterocycles. The quantitative estimate of drug-likeness (QED) is 0.490. The highest BCUT2D eigenvalue weighted by molar-refractivity contribution is 6.00. The van der Waals surface area contributed by atoms with Crippen molar-refractivity contribution in [2.45, 2.75) is 25.9 Å². The predicted octanol–water partition coefficient (Wildman–Crippen LogP) is 4.41. The van der Waals surface area contributed by atoms with Crippen LogP contribution < -0.4 is 5.56 Å². The summed E-state index contributed by atoms with van der Waals surface area (Å²) < 4.78 is 45.7. The third kappa shape index (κ3) is 3.35. The number of fused-ring (bicyclic) bond motifs is 3. The second-order valence-electron chi connectivity index (χ2n) is 6.52. The maximum atomic E-state index is 13.1. The Morgan fingerprint density at radius 1 is 1.36 bits per heavy atom. The fourth-order valence-electron chi connectivity index (χ4n) is 2.80. The molecule has 0 unspecified atom stereocenters. The van der Waals surface area contributed by atoms with Gasteiger partial charge in [0.1, 0.15) is 5.69 Å². The van der Waals surface area contributed by atoms with E-state index in [1.165, 1.54) is 6.07 Å². The van der Waals surface area contributed by atoms with Crippen LogP contribution in [0.15, 0.2) is 51.1 Å². The van der Waals surface area contributed by atoms with E-state index in [-0.39, 0.29) is 22.1 Å². The number of hydrogen-bond donors (Lipinski definition) is 0. The van der Waals surface area contributed by atoms with Crippen LogP contribution >= 0.6 is 0 Å². The Kier molecular flexibility index (Phi) is 4.37. The minimum atomic E-state index is -4.64. The van der Waals surface area contributed by atoms with Crippen LogP contribution in [0.3, 0.4) is 0 Å². The molecule has 0 saturated heterocycles. The van der Waals surface area contributed by atoms with Crippen LogP contribution in [-0.2, 0) is 6.18 Å². The Morgan fingerprint density at radius 3 is 2.86 bits per heavy atom. The summed E-state index contributed by atoms with van der Waals surface area (Å²) in [6.07, 6.45) is 5.33. The van der Waals surface area contributed by atoms with E-state index in [1.807, 2.05) is 6.21 Å². The molecule has 0 radical (unpaired) electrons. The van der Waals surface area contributed by atoms with E-state index in [0.717, 1.165) is 29.9 Å². The molecular formula is C19H15F3N4O2. The van der Waals surface area contributed by atoms with E-state index in [2.05, 4.69) is 15.0 Å². The molecule has 4 rings (SSSR count). The largest absolute Gasteiger partial charge is 0.442 e. The van der Waals surface area contributed by atoms with E-state index >= 15 is 0 Å². The van der Waals surface area contributed by atoms with Crippen molar-refractivity contribution in [2.75, 3.05) is 0 Å². The number of halogens is 3. The minimum Gasteiger partial charge on any atom is -0.442 e. The summed E-state index contributed by atoms with van der Waals surface area (Å²) in [5.41, 5.74) is -1.33. The van der Waals surface area contributed by atoms with Gasteiger partial charge in [0, 0.05) is 18.1 Å². The number of oxazole rings is 1. The van der Waals surface area contributed by atoms with Crippen LogP contribution in [-0.4, -0.2) is 20.7 Å². The normalized spacial score (nSPS) is 16.2. The zero-order chi connectivity index (χ0) is 19.9. The maximum Gasteiger partial charge on any atom is 0.433 e. The number of aromatic nitrogens is 3. The average Bonchev–Trinajstić information content (AvgIpc) is 3.33. The molecule has 0 N–H and O–H groups in total. The molecule has 0 spiro atoms. The molecule has 0 atom stereocenters. The van der Waals surface area contributed by atoms with Crippen LogP contribution in [0.1, 0.15) is 25.5 Å². The molecule has 0 aromatic carbocycles. The van der Waals surface area contributed by atoms with Gasteiger partial charge in [-0.05, 0) is 50.0 Å². The van der Waals surface area contributed by atoms with E-state index in [1.54, 1.807) is 25.3 Å². The van der Waals surface area contributed by atoms with Crippen LogP contribution in [0.5, 0.6) is 0 Å². The summed E-state index contributed by atoms with van der Waals surface area (Å²) in [6.45, 7) is 1.60. The van der Waals surface area contributed by atoms with Gasteiger partial charge >= 0.3 is 6.18 Å². The van der Waals surface area contributed by atoms with Crippen molar-refractivity contribution in [1.82, 2.24) is 14.5 Å². The van der Waals surface area contributed by atoms with E-state index in [4.69, 9.17) is 4.42 Å². The molecule has 6 nitrogen and oxygen atoms in total. The predicted molar refractivity (Wildman–Crippen MR) is 98.9 cm³/mol. The van der Waals surface area contributed by atoms with E-state index in [9.17, 15) is 18.0 Å². The number of hydrogen-bond acceptors (Lipinski definition) is 5. The van der Waals surface area contributed by atoms with Crippen LogP contribution in [0.2, 0.25) is 0 Å². The maximum absolute atomic E-state index is 13.1. The number of alkyl halides is 3. The van der Waals surface area contributed by atoms with Crippen molar-refractivity contribution in [2.24, 2.45) is 10.9 Å². The Balaban J connectivity index is 1.88. The smallest absolute Gasteiger partial charge is 0.433 e. The minimum absolute atomic E-state index is 0.0255. The standard InChI is InChI=1S/C19H15F3N4O2/c1-11(3-2-8-23-9-12-4-5-12)26-17-13(6-7-14(25-17)19(20,21)22)16-15(18(26)27)24-10-28-16/h2-3,6-10,12H,4-5H2,1H3/b8-2-,11-3+,23-9?. The van der Waals surface area contributed by atoms with Crippen molar-refractivity contribution < 1.29 is 17.6 Å². The SMILES string of the molecule is C/C(=C\C=C/N=CC1CC1)n1c(=O)c2ncoc2c2ccc(C(F)(F)F)nc21.